The third-order valence-electron chi connectivity index (χ3n) is 7.28. The maximum Gasteiger partial charge on any atom is 0.255 e. The number of nitrogens with one attached hydrogen (secondary N) is 2. The molecule has 1 fully saturated rings. The van der Waals surface area contributed by atoms with Gasteiger partial charge in [0.2, 0.25) is 5.95 Å². The summed E-state index contributed by atoms with van der Waals surface area (Å²) in [6.45, 7) is 12.3. The highest BCUT2D eigenvalue weighted by molar-refractivity contribution is 6.05. The summed E-state index contributed by atoms with van der Waals surface area (Å²) in [7, 11) is 0. The molecular weight excluding hydrogens is 496 g/mol. The molecule has 3 heterocycles. The molecule has 0 bridgehead atoms. The number of piperidine rings is 1. The first-order chi connectivity index (χ1) is 19.2. The van der Waals surface area contributed by atoms with Crippen LogP contribution in [0.5, 0.6) is 0 Å². The second kappa shape index (κ2) is 12.0. The molecule has 2 N–H and O–H groups in total. The third kappa shape index (κ3) is 7.10. The molecule has 206 valence electrons. The van der Waals surface area contributed by atoms with Gasteiger partial charge in [-0.25, -0.2) is 9.97 Å². The van der Waals surface area contributed by atoms with Crippen molar-refractivity contribution in [1.29, 1.82) is 0 Å². The summed E-state index contributed by atoms with van der Waals surface area (Å²) in [5.74, 6) is 0.878. The second-order valence-electron chi connectivity index (χ2n) is 11.8. The SMILES string of the molecule is Cc1ccc(C(=O)Nc2ccc(C3CCN(CC(C)(C)C)CC3)cc2)cc1Nc1nccc(-c2cccnc2)n1. The van der Waals surface area contributed by atoms with Crippen LogP contribution in [0.15, 0.2) is 79.3 Å². The number of carbonyl (C=O) groups is 1. The zero-order valence-corrected chi connectivity index (χ0v) is 23.8. The van der Waals surface area contributed by atoms with E-state index in [0.717, 1.165) is 47.8 Å². The summed E-state index contributed by atoms with van der Waals surface area (Å²) in [5.41, 5.74) is 6.50. The Morgan fingerprint density at radius 2 is 1.77 bits per heavy atom. The van der Waals surface area contributed by atoms with Gasteiger partial charge >= 0.3 is 0 Å². The molecule has 1 amide bonds. The molecule has 1 saturated heterocycles. The average Bonchev–Trinajstić information content (AvgIpc) is 2.95. The molecule has 4 aromatic rings. The number of likely N-dealkylation sites (tertiary alicyclic amines) is 1. The van der Waals surface area contributed by atoms with Gasteiger partial charge in [0.05, 0.1) is 5.69 Å². The van der Waals surface area contributed by atoms with E-state index >= 15 is 0 Å². The minimum absolute atomic E-state index is 0.156. The zero-order valence-electron chi connectivity index (χ0n) is 23.8. The molecule has 1 aliphatic heterocycles. The molecule has 0 atom stereocenters. The lowest BCUT2D eigenvalue weighted by molar-refractivity contribution is 0.102. The van der Waals surface area contributed by atoms with Crippen LogP contribution >= 0.6 is 0 Å². The van der Waals surface area contributed by atoms with Crippen molar-refractivity contribution in [1.82, 2.24) is 19.9 Å². The molecule has 0 aliphatic carbocycles. The molecule has 7 heteroatoms. The number of hydrogen-bond acceptors (Lipinski definition) is 6. The minimum atomic E-state index is -0.156. The summed E-state index contributed by atoms with van der Waals surface area (Å²) in [4.78, 5) is 28.9. The molecule has 0 saturated carbocycles. The van der Waals surface area contributed by atoms with Crippen LogP contribution in [0.4, 0.5) is 17.3 Å². The quantitative estimate of drug-likeness (QED) is 0.264. The molecule has 7 nitrogen and oxygen atoms in total. The smallest absolute Gasteiger partial charge is 0.255 e. The van der Waals surface area contributed by atoms with Gasteiger partial charge in [-0.3, -0.25) is 9.78 Å². The van der Waals surface area contributed by atoms with E-state index in [9.17, 15) is 4.79 Å². The summed E-state index contributed by atoms with van der Waals surface area (Å²) in [6.07, 6.45) is 7.57. The van der Waals surface area contributed by atoms with Crippen molar-refractivity contribution in [2.45, 2.75) is 46.5 Å². The largest absolute Gasteiger partial charge is 0.324 e. The number of nitrogens with zero attached hydrogens (tertiary/aromatic N) is 4. The first-order valence-electron chi connectivity index (χ1n) is 14.0. The topological polar surface area (TPSA) is 83.0 Å². The number of hydrogen-bond donors (Lipinski definition) is 2. The van der Waals surface area contributed by atoms with Crippen LogP contribution in [-0.4, -0.2) is 45.4 Å². The normalized spacial score (nSPS) is 14.6. The Morgan fingerprint density at radius 1 is 1.00 bits per heavy atom. The Bertz CT molecular complexity index is 1440. The highest BCUT2D eigenvalue weighted by atomic mass is 16.1. The van der Waals surface area contributed by atoms with Gasteiger partial charge in [0.1, 0.15) is 0 Å². The first kappa shape index (κ1) is 27.5. The summed E-state index contributed by atoms with van der Waals surface area (Å²) >= 11 is 0. The van der Waals surface area contributed by atoms with Gasteiger partial charge < -0.3 is 15.5 Å². The number of rotatable bonds is 7. The summed E-state index contributed by atoms with van der Waals surface area (Å²) in [6, 6.07) is 19.6. The monoisotopic (exact) mass is 534 g/mol. The van der Waals surface area contributed by atoms with Gasteiger partial charge in [0, 0.05) is 47.6 Å². The molecule has 1 aliphatic rings. The number of benzene rings is 2. The Hall–Kier alpha value is -4.10. The van der Waals surface area contributed by atoms with Crippen LogP contribution in [0.1, 0.15) is 61.0 Å². The highest BCUT2D eigenvalue weighted by Crippen LogP contribution is 2.30. The Kier molecular flexibility index (Phi) is 8.21. The number of carbonyl (C=O) groups excluding carboxylic acids is 1. The molecule has 2 aromatic carbocycles. The van der Waals surface area contributed by atoms with Crippen molar-refractivity contribution in [3.63, 3.8) is 0 Å². The van der Waals surface area contributed by atoms with Crippen molar-refractivity contribution < 1.29 is 4.79 Å². The second-order valence-corrected chi connectivity index (χ2v) is 11.8. The van der Waals surface area contributed by atoms with Crippen molar-refractivity contribution in [2.75, 3.05) is 30.3 Å². The molecule has 0 unspecified atom stereocenters. The number of aromatic nitrogens is 3. The van der Waals surface area contributed by atoms with Gasteiger partial charge in [0.15, 0.2) is 0 Å². The lowest BCUT2D eigenvalue weighted by atomic mass is 9.88. The first-order valence-corrected chi connectivity index (χ1v) is 14.0. The maximum absolute atomic E-state index is 13.1. The van der Waals surface area contributed by atoms with Crippen LogP contribution in [0, 0.1) is 12.3 Å². The van der Waals surface area contributed by atoms with E-state index in [4.69, 9.17) is 0 Å². The van der Waals surface area contributed by atoms with Crippen LogP contribution in [-0.2, 0) is 0 Å². The Balaban J connectivity index is 1.21. The lowest BCUT2D eigenvalue weighted by Gasteiger charge is -2.36. The molecular formula is C33H38N6O. The fourth-order valence-corrected chi connectivity index (χ4v) is 5.25. The van der Waals surface area contributed by atoms with Crippen LogP contribution in [0.25, 0.3) is 11.3 Å². The predicted molar refractivity (Wildman–Crippen MR) is 162 cm³/mol. The predicted octanol–water partition coefficient (Wildman–Crippen LogP) is 7.07. The fourth-order valence-electron chi connectivity index (χ4n) is 5.25. The van der Waals surface area contributed by atoms with E-state index in [1.54, 1.807) is 18.6 Å². The van der Waals surface area contributed by atoms with Crippen molar-refractivity contribution in [3.8, 4) is 11.3 Å². The van der Waals surface area contributed by atoms with Gasteiger partial charge in [-0.05, 0) is 97.8 Å². The highest BCUT2D eigenvalue weighted by Gasteiger charge is 2.24. The fraction of sp³-hybridized carbons (Fsp3) is 0.333. The molecule has 5 rings (SSSR count). The van der Waals surface area contributed by atoms with Crippen LogP contribution in [0.3, 0.4) is 0 Å². The van der Waals surface area contributed by atoms with E-state index in [0.29, 0.717) is 22.8 Å². The van der Waals surface area contributed by atoms with E-state index in [-0.39, 0.29) is 5.91 Å². The van der Waals surface area contributed by atoms with E-state index in [1.807, 2.05) is 55.5 Å². The van der Waals surface area contributed by atoms with Crippen molar-refractivity contribution >= 4 is 23.2 Å². The molecule has 0 radical (unpaired) electrons. The van der Waals surface area contributed by atoms with Crippen LogP contribution in [0.2, 0.25) is 0 Å². The summed E-state index contributed by atoms with van der Waals surface area (Å²) < 4.78 is 0. The maximum atomic E-state index is 13.1. The van der Waals surface area contributed by atoms with E-state index < -0.39 is 0 Å². The Labute approximate surface area is 237 Å². The van der Waals surface area contributed by atoms with Crippen molar-refractivity contribution in [3.05, 3.63) is 95.9 Å². The summed E-state index contributed by atoms with van der Waals surface area (Å²) in [5, 5.41) is 6.32. The van der Waals surface area contributed by atoms with Gasteiger partial charge in [0.25, 0.3) is 5.91 Å². The lowest BCUT2D eigenvalue weighted by Crippen LogP contribution is -2.38. The average molecular weight is 535 g/mol. The van der Waals surface area contributed by atoms with Gasteiger partial charge in [-0.1, -0.05) is 39.0 Å². The van der Waals surface area contributed by atoms with Gasteiger partial charge in [-0.15, -0.1) is 0 Å². The molecule has 2 aromatic heterocycles. The zero-order chi connectivity index (χ0) is 28.1. The van der Waals surface area contributed by atoms with Gasteiger partial charge in [-0.2, -0.15) is 0 Å². The van der Waals surface area contributed by atoms with Crippen LogP contribution < -0.4 is 10.6 Å². The van der Waals surface area contributed by atoms with E-state index in [2.05, 4.69) is 63.4 Å². The Morgan fingerprint density at radius 3 is 2.48 bits per heavy atom. The number of anilines is 3. The third-order valence-corrected chi connectivity index (χ3v) is 7.28. The molecule has 0 spiro atoms. The number of aryl methyl sites for hydroxylation is 1. The van der Waals surface area contributed by atoms with E-state index in [1.165, 1.54) is 18.4 Å². The standard InChI is InChI=1S/C33H38N6O/c1-23-7-8-26(20-30(23)38-32-35-17-13-29(37-32)27-6-5-16-34-21-27)31(40)36-28-11-9-24(10-12-28)25-14-18-39(19-15-25)22-33(2,3)4/h5-13,16-17,20-21,25H,14-15,18-19,22H2,1-4H3,(H,36,40)(H,35,37,38). The molecule has 40 heavy (non-hydrogen) atoms. The number of amides is 1. The minimum Gasteiger partial charge on any atom is -0.324 e. The number of pyridine rings is 1. The van der Waals surface area contributed by atoms with Crippen molar-refractivity contribution in [2.24, 2.45) is 5.41 Å².